The van der Waals surface area contributed by atoms with Crippen LogP contribution in [0.25, 0.3) is 0 Å². The van der Waals surface area contributed by atoms with Crippen LogP contribution in [0, 0.1) is 0 Å². The van der Waals surface area contributed by atoms with Crippen molar-refractivity contribution in [2.45, 2.75) is 44.6 Å². The van der Waals surface area contributed by atoms with Crippen molar-refractivity contribution >= 4 is 23.2 Å². The summed E-state index contributed by atoms with van der Waals surface area (Å²) in [6, 6.07) is 14.8. The van der Waals surface area contributed by atoms with Crippen LogP contribution in [0.15, 0.2) is 48.5 Å². The van der Waals surface area contributed by atoms with Gasteiger partial charge in [0.15, 0.2) is 0 Å². The molecule has 2 aromatic carbocycles. The van der Waals surface area contributed by atoms with E-state index in [1.165, 1.54) is 25.7 Å². The van der Waals surface area contributed by atoms with E-state index in [1.54, 1.807) is 24.3 Å². The summed E-state index contributed by atoms with van der Waals surface area (Å²) in [5.74, 6) is -0.244. The molecule has 2 N–H and O–H groups in total. The minimum absolute atomic E-state index is 0.0573. The Morgan fingerprint density at radius 3 is 1.86 bits per heavy atom. The van der Waals surface area contributed by atoms with Gasteiger partial charge in [-0.1, -0.05) is 25.7 Å². The number of amides is 2. The number of anilines is 2. The van der Waals surface area contributed by atoms with E-state index < -0.39 is 0 Å². The van der Waals surface area contributed by atoms with E-state index in [-0.39, 0.29) is 17.9 Å². The summed E-state index contributed by atoms with van der Waals surface area (Å²) in [4.78, 5) is 26.9. The molecule has 0 aliphatic heterocycles. The van der Waals surface area contributed by atoms with Crippen LogP contribution >= 0.6 is 0 Å². The topological polar surface area (TPSA) is 61.4 Å². The molecule has 1 saturated carbocycles. The molecule has 0 saturated heterocycles. The quantitative estimate of drug-likeness (QED) is 0.754. The molecule has 0 aromatic heterocycles. The minimum atomic E-state index is -0.187. The maximum atomic E-state index is 12.5. The van der Waals surface area contributed by atoms with Crippen LogP contribution in [0.5, 0.6) is 0 Å². The van der Waals surface area contributed by atoms with Gasteiger partial charge in [-0.15, -0.1) is 0 Å². The van der Waals surface area contributed by atoms with Crippen LogP contribution in [0.4, 0.5) is 11.4 Å². The first-order valence-electron chi connectivity index (χ1n) is 10.0. The molecule has 0 bridgehead atoms. The molecule has 5 nitrogen and oxygen atoms in total. The van der Waals surface area contributed by atoms with Gasteiger partial charge in [-0.3, -0.25) is 9.59 Å². The van der Waals surface area contributed by atoms with Crippen LogP contribution in [-0.2, 0) is 0 Å². The van der Waals surface area contributed by atoms with Crippen LogP contribution in [-0.4, -0.2) is 32.0 Å². The molecular weight excluding hydrogens is 350 g/mol. The van der Waals surface area contributed by atoms with Gasteiger partial charge in [0.1, 0.15) is 0 Å². The molecule has 1 aliphatic carbocycles. The van der Waals surface area contributed by atoms with E-state index in [2.05, 4.69) is 10.6 Å². The first-order chi connectivity index (χ1) is 13.5. The zero-order valence-electron chi connectivity index (χ0n) is 16.7. The monoisotopic (exact) mass is 379 g/mol. The predicted octanol–water partition coefficient (Wildman–Crippen LogP) is 4.46. The Labute approximate surface area is 167 Å². The number of carbonyl (C=O) groups is 2. The van der Waals surface area contributed by atoms with Crippen LogP contribution in [0.3, 0.4) is 0 Å². The summed E-state index contributed by atoms with van der Waals surface area (Å²) >= 11 is 0. The smallest absolute Gasteiger partial charge is 0.255 e. The predicted molar refractivity (Wildman–Crippen MR) is 114 cm³/mol. The van der Waals surface area contributed by atoms with Gasteiger partial charge in [0, 0.05) is 42.6 Å². The molecule has 2 amide bonds. The molecule has 2 aromatic rings. The summed E-state index contributed by atoms with van der Waals surface area (Å²) in [6.07, 6.45) is 6.99. The van der Waals surface area contributed by atoms with Crippen molar-refractivity contribution in [2.75, 3.05) is 24.3 Å². The second kappa shape index (κ2) is 9.40. The molecular formula is C23H29N3O2. The number of nitrogens with one attached hydrogen (secondary N) is 2. The van der Waals surface area contributed by atoms with Gasteiger partial charge in [0.05, 0.1) is 0 Å². The van der Waals surface area contributed by atoms with Crippen molar-refractivity contribution in [2.24, 2.45) is 0 Å². The second-order valence-electron chi connectivity index (χ2n) is 7.63. The molecule has 0 unspecified atom stereocenters. The first-order valence-corrected chi connectivity index (χ1v) is 10.0. The third-order valence-corrected chi connectivity index (χ3v) is 5.24. The van der Waals surface area contributed by atoms with Gasteiger partial charge in [0.2, 0.25) is 0 Å². The standard InChI is InChI=1S/C23H29N3O2/c1-26(2)21-15-13-20(14-16-21)25-23(28)18-11-9-17(10-12-18)22(27)24-19-7-5-3-4-6-8-19/h9-16,19H,3-8H2,1-2H3,(H,24,27)(H,25,28). The maximum Gasteiger partial charge on any atom is 0.255 e. The lowest BCUT2D eigenvalue weighted by Crippen LogP contribution is -2.34. The van der Waals surface area contributed by atoms with Gasteiger partial charge in [0.25, 0.3) is 11.8 Å². The van der Waals surface area contributed by atoms with Crippen molar-refractivity contribution in [3.63, 3.8) is 0 Å². The second-order valence-corrected chi connectivity index (χ2v) is 7.63. The molecule has 28 heavy (non-hydrogen) atoms. The van der Waals surface area contributed by atoms with Crippen molar-refractivity contribution in [1.29, 1.82) is 0 Å². The summed E-state index contributed by atoms with van der Waals surface area (Å²) < 4.78 is 0. The zero-order chi connectivity index (χ0) is 19.9. The highest BCUT2D eigenvalue weighted by molar-refractivity contribution is 6.05. The fraction of sp³-hybridized carbons (Fsp3) is 0.391. The van der Waals surface area contributed by atoms with E-state index in [0.717, 1.165) is 24.2 Å². The van der Waals surface area contributed by atoms with E-state index in [9.17, 15) is 9.59 Å². The summed E-state index contributed by atoms with van der Waals surface area (Å²) in [5.41, 5.74) is 2.94. The lowest BCUT2D eigenvalue weighted by Gasteiger charge is -2.16. The van der Waals surface area contributed by atoms with Crippen LogP contribution in [0.2, 0.25) is 0 Å². The maximum absolute atomic E-state index is 12.5. The molecule has 1 fully saturated rings. The Balaban J connectivity index is 1.58. The fourth-order valence-corrected chi connectivity index (χ4v) is 3.51. The lowest BCUT2D eigenvalue weighted by atomic mass is 10.1. The fourth-order valence-electron chi connectivity index (χ4n) is 3.51. The first kappa shape index (κ1) is 19.9. The Hall–Kier alpha value is -2.82. The van der Waals surface area contributed by atoms with Gasteiger partial charge in [-0.2, -0.15) is 0 Å². The molecule has 1 aliphatic rings. The van der Waals surface area contributed by atoms with Crippen molar-refractivity contribution in [3.8, 4) is 0 Å². The van der Waals surface area contributed by atoms with Crippen LogP contribution in [0.1, 0.15) is 59.2 Å². The van der Waals surface area contributed by atoms with Gasteiger partial charge in [-0.25, -0.2) is 0 Å². The summed E-state index contributed by atoms with van der Waals surface area (Å²) in [5, 5.41) is 6.02. The van der Waals surface area contributed by atoms with E-state index in [4.69, 9.17) is 0 Å². The Morgan fingerprint density at radius 2 is 1.32 bits per heavy atom. The minimum Gasteiger partial charge on any atom is -0.378 e. The van der Waals surface area contributed by atoms with Gasteiger partial charge < -0.3 is 15.5 Å². The van der Waals surface area contributed by atoms with Crippen molar-refractivity contribution in [3.05, 3.63) is 59.7 Å². The number of hydrogen-bond acceptors (Lipinski definition) is 3. The highest BCUT2D eigenvalue weighted by Gasteiger charge is 2.16. The number of hydrogen-bond donors (Lipinski definition) is 2. The van der Waals surface area contributed by atoms with Gasteiger partial charge in [-0.05, 0) is 61.4 Å². The largest absolute Gasteiger partial charge is 0.378 e. The van der Waals surface area contributed by atoms with Crippen molar-refractivity contribution in [1.82, 2.24) is 5.32 Å². The molecule has 148 valence electrons. The zero-order valence-corrected chi connectivity index (χ0v) is 16.7. The molecule has 3 rings (SSSR count). The van der Waals surface area contributed by atoms with E-state index in [0.29, 0.717) is 11.1 Å². The number of rotatable bonds is 5. The molecule has 0 heterocycles. The third-order valence-electron chi connectivity index (χ3n) is 5.24. The molecule has 0 atom stereocenters. The molecule has 0 spiro atoms. The summed E-state index contributed by atoms with van der Waals surface area (Å²) in [7, 11) is 3.95. The van der Waals surface area contributed by atoms with Crippen molar-refractivity contribution < 1.29 is 9.59 Å². The van der Waals surface area contributed by atoms with Gasteiger partial charge >= 0.3 is 0 Å². The van der Waals surface area contributed by atoms with E-state index in [1.807, 2.05) is 43.3 Å². The number of benzene rings is 2. The number of carbonyl (C=O) groups excluding carboxylic acids is 2. The third kappa shape index (κ3) is 5.35. The highest BCUT2D eigenvalue weighted by Crippen LogP contribution is 2.19. The average molecular weight is 380 g/mol. The molecule has 0 radical (unpaired) electrons. The molecule has 5 heteroatoms. The Kier molecular flexibility index (Phi) is 6.69. The SMILES string of the molecule is CN(C)c1ccc(NC(=O)c2ccc(C(=O)NC3CCCCCC3)cc2)cc1. The highest BCUT2D eigenvalue weighted by atomic mass is 16.2. The Morgan fingerprint density at radius 1 is 0.786 bits per heavy atom. The van der Waals surface area contributed by atoms with E-state index >= 15 is 0 Å². The number of nitrogens with zero attached hydrogens (tertiary/aromatic N) is 1. The average Bonchev–Trinajstić information content (AvgIpc) is 2.97. The Bertz CT molecular complexity index is 790. The summed E-state index contributed by atoms with van der Waals surface area (Å²) in [6.45, 7) is 0. The van der Waals surface area contributed by atoms with Crippen LogP contribution < -0.4 is 15.5 Å². The lowest BCUT2D eigenvalue weighted by molar-refractivity contribution is 0.0932. The normalized spacial score (nSPS) is 14.8.